The van der Waals surface area contributed by atoms with Gasteiger partial charge in [-0.1, -0.05) is 36.4 Å². The lowest BCUT2D eigenvalue weighted by molar-refractivity contribution is -0.115. The third-order valence-electron chi connectivity index (χ3n) is 4.42. The molecule has 4 rings (SSSR count). The van der Waals surface area contributed by atoms with E-state index in [2.05, 4.69) is 10.6 Å². The van der Waals surface area contributed by atoms with E-state index in [0.29, 0.717) is 22.6 Å². The standard InChI is InChI=1S/C22H18N2O4/c1-27-20-11-16-15-9-5-6-10-18(15)28-19(16)12-17(20)24-21(25)13-23-22(26)14-7-3-2-4-8-14/h2-12H,13H2,1H3,(H,23,26)(H,24,25). The summed E-state index contributed by atoms with van der Waals surface area (Å²) in [6.07, 6.45) is 0. The van der Waals surface area contributed by atoms with Crippen LogP contribution in [0.15, 0.2) is 71.1 Å². The molecule has 0 aliphatic carbocycles. The highest BCUT2D eigenvalue weighted by Crippen LogP contribution is 2.36. The maximum atomic E-state index is 12.3. The van der Waals surface area contributed by atoms with E-state index in [1.54, 1.807) is 30.3 Å². The van der Waals surface area contributed by atoms with Gasteiger partial charge in [0.1, 0.15) is 16.9 Å². The normalized spacial score (nSPS) is 10.8. The molecule has 0 atom stereocenters. The summed E-state index contributed by atoms with van der Waals surface area (Å²) in [4.78, 5) is 24.4. The van der Waals surface area contributed by atoms with Crippen LogP contribution in [-0.2, 0) is 4.79 Å². The highest BCUT2D eigenvalue weighted by atomic mass is 16.5. The predicted octanol–water partition coefficient (Wildman–Crippen LogP) is 3.96. The number of benzene rings is 3. The summed E-state index contributed by atoms with van der Waals surface area (Å²) in [6, 6.07) is 20.0. The van der Waals surface area contributed by atoms with Crippen molar-refractivity contribution in [3.05, 3.63) is 72.3 Å². The maximum absolute atomic E-state index is 12.3. The summed E-state index contributed by atoms with van der Waals surface area (Å²) >= 11 is 0. The fourth-order valence-electron chi connectivity index (χ4n) is 3.06. The summed E-state index contributed by atoms with van der Waals surface area (Å²) < 4.78 is 11.3. The molecule has 3 aromatic carbocycles. The first-order valence-corrected chi connectivity index (χ1v) is 8.78. The van der Waals surface area contributed by atoms with Gasteiger partial charge in [-0.25, -0.2) is 0 Å². The predicted molar refractivity (Wildman–Crippen MR) is 108 cm³/mol. The van der Waals surface area contributed by atoms with Gasteiger partial charge in [-0.05, 0) is 24.3 Å². The molecule has 1 aromatic heterocycles. The van der Waals surface area contributed by atoms with Crippen molar-refractivity contribution < 1.29 is 18.7 Å². The molecule has 0 fully saturated rings. The van der Waals surface area contributed by atoms with Gasteiger partial charge in [-0.2, -0.15) is 0 Å². The molecule has 4 aromatic rings. The van der Waals surface area contributed by atoms with Gasteiger partial charge < -0.3 is 19.8 Å². The molecule has 0 aliphatic rings. The molecule has 2 amide bonds. The Kier molecular flexibility index (Phi) is 4.68. The van der Waals surface area contributed by atoms with Gasteiger partial charge >= 0.3 is 0 Å². The van der Waals surface area contributed by atoms with Crippen LogP contribution in [0.4, 0.5) is 5.69 Å². The fraction of sp³-hybridized carbons (Fsp3) is 0.0909. The number of hydrogen-bond donors (Lipinski definition) is 2. The third kappa shape index (κ3) is 3.40. The highest BCUT2D eigenvalue weighted by Gasteiger charge is 2.14. The van der Waals surface area contributed by atoms with Crippen molar-refractivity contribution in [2.75, 3.05) is 19.0 Å². The van der Waals surface area contributed by atoms with Crippen molar-refractivity contribution in [3.63, 3.8) is 0 Å². The van der Waals surface area contributed by atoms with E-state index in [9.17, 15) is 9.59 Å². The minimum absolute atomic E-state index is 0.158. The number of methoxy groups -OCH3 is 1. The van der Waals surface area contributed by atoms with Crippen LogP contribution >= 0.6 is 0 Å². The lowest BCUT2D eigenvalue weighted by atomic mass is 10.1. The van der Waals surface area contributed by atoms with Gasteiger partial charge in [-0.15, -0.1) is 0 Å². The molecule has 1 heterocycles. The van der Waals surface area contributed by atoms with E-state index in [4.69, 9.17) is 9.15 Å². The fourth-order valence-corrected chi connectivity index (χ4v) is 3.06. The molecule has 140 valence electrons. The number of rotatable bonds is 5. The minimum atomic E-state index is -0.363. The topological polar surface area (TPSA) is 80.6 Å². The Bertz CT molecular complexity index is 1170. The Balaban J connectivity index is 1.52. The molecule has 0 bridgehead atoms. The first-order valence-electron chi connectivity index (χ1n) is 8.78. The Labute approximate surface area is 161 Å². The maximum Gasteiger partial charge on any atom is 0.251 e. The second-order valence-electron chi connectivity index (χ2n) is 6.24. The van der Waals surface area contributed by atoms with Crippen LogP contribution in [-0.4, -0.2) is 25.5 Å². The summed E-state index contributed by atoms with van der Waals surface area (Å²) in [6.45, 7) is -0.158. The molecular weight excluding hydrogens is 356 g/mol. The van der Waals surface area contributed by atoms with Crippen LogP contribution in [0.3, 0.4) is 0 Å². The van der Waals surface area contributed by atoms with E-state index in [1.807, 2.05) is 36.4 Å². The molecule has 0 unspecified atom stereocenters. The molecule has 0 radical (unpaired) electrons. The number of anilines is 1. The molecule has 6 heteroatoms. The molecule has 6 nitrogen and oxygen atoms in total. The van der Waals surface area contributed by atoms with Crippen molar-refractivity contribution in [1.82, 2.24) is 5.32 Å². The molecule has 28 heavy (non-hydrogen) atoms. The number of para-hydroxylation sites is 1. The van der Waals surface area contributed by atoms with E-state index >= 15 is 0 Å². The summed E-state index contributed by atoms with van der Waals surface area (Å²) in [5.74, 6) is -0.157. The van der Waals surface area contributed by atoms with E-state index < -0.39 is 0 Å². The number of fused-ring (bicyclic) bond motifs is 3. The number of nitrogens with one attached hydrogen (secondary N) is 2. The van der Waals surface area contributed by atoms with E-state index in [1.165, 1.54) is 7.11 Å². The van der Waals surface area contributed by atoms with Gasteiger partial charge in [0.2, 0.25) is 5.91 Å². The minimum Gasteiger partial charge on any atom is -0.495 e. The number of carbonyl (C=O) groups excluding carboxylic acids is 2. The van der Waals surface area contributed by atoms with Crippen LogP contribution in [0, 0.1) is 0 Å². The second-order valence-corrected chi connectivity index (χ2v) is 6.24. The Morgan fingerprint density at radius 1 is 0.929 bits per heavy atom. The molecule has 0 aliphatic heterocycles. The molecule has 2 N–H and O–H groups in total. The van der Waals surface area contributed by atoms with Gasteiger partial charge in [0.25, 0.3) is 5.91 Å². The van der Waals surface area contributed by atoms with E-state index in [0.717, 1.165) is 16.4 Å². The van der Waals surface area contributed by atoms with Crippen molar-refractivity contribution in [2.45, 2.75) is 0 Å². The van der Waals surface area contributed by atoms with Gasteiger partial charge in [-0.3, -0.25) is 9.59 Å². The third-order valence-corrected chi connectivity index (χ3v) is 4.42. The van der Waals surface area contributed by atoms with Gasteiger partial charge in [0.05, 0.1) is 19.3 Å². The molecule has 0 spiro atoms. The zero-order valence-corrected chi connectivity index (χ0v) is 15.2. The van der Waals surface area contributed by atoms with E-state index in [-0.39, 0.29) is 18.4 Å². The first-order chi connectivity index (χ1) is 13.7. The van der Waals surface area contributed by atoms with Crippen molar-refractivity contribution in [2.24, 2.45) is 0 Å². The number of furan rings is 1. The number of ether oxygens (including phenoxy) is 1. The monoisotopic (exact) mass is 374 g/mol. The average Bonchev–Trinajstić information content (AvgIpc) is 3.09. The van der Waals surface area contributed by atoms with Crippen LogP contribution in [0.1, 0.15) is 10.4 Å². The zero-order valence-electron chi connectivity index (χ0n) is 15.2. The molecular formula is C22H18N2O4. The second kappa shape index (κ2) is 7.44. The smallest absolute Gasteiger partial charge is 0.251 e. The number of carbonyl (C=O) groups is 2. The summed E-state index contributed by atoms with van der Waals surface area (Å²) in [5, 5.41) is 7.25. The SMILES string of the molecule is COc1cc2c(cc1NC(=O)CNC(=O)c1ccccc1)oc1ccccc12. The van der Waals surface area contributed by atoms with Gasteiger partial charge in [0.15, 0.2) is 0 Å². The average molecular weight is 374 g/mol. The zero-order chi connectivity index (χ0) is 19.5. The quantitative estimate of drug-likeness (QED) is 0.554. The highest BCUT2D eigenvalue weighted by molar-refractivity contribution is 6.08. The Morgan fingerprint density at radius 3 is 2.46 bits per heavy atom. The van der Waals surface area contributed by atoms with Crippen LogP contribution in [0.2, 0.25) is 0 Å². The van der Waals surface area contributed by atoms with Crippen LogP contribution in [0.25, 0.3) is 21.9 Å². The van der Waals surface area contributed by atoms with Crippen LogP contribution < -0.4 is 15.4 Å². The van der Waals surface area contributed by atoms with Crippen LogP contribution in [0.5, 0.6) is 5.75 Å². The summed E-state index contributed by atoms with van der Waals surface area (Å²) in [7, 11) is 1.54. The number of hydrogen-bond acceptors (Lipinski definition) is 4. The van der Waals surface area contributed by atoms with Crippen molar-refractivity contribution in [3.8, 4) is 5.75 Å². The van der Waals surface area contributed by atoms with Gasteiger partial charge in [0, 0.05) is 22.4 Å². The summed E-state index contributed by atoms with van der Waals surface area (Å²) in [5.41, 5.74) is 2.38. The van der Waals surface area contributed by atoms with Crippen molar-refractivity contribution >= 4 is 39.4 Å². The lowest BCUT2D eigenvalue weighted by Gasteiger charge is -2.11. The lowest BCUT2D eigenvalue weighted by Crippen LogP contribution is -2.32. The Morgan fingerprint density at radius 2 is 1.68 bits per heavy atom. The van der Waals surface area contributed by atoms with Crippen molar-refractivity contribution in [1.29, 1.82) is 0 Å². The Hall–Kier alpha value is -3.80. The largest absolute Gasteiger partial charge is 0.495 e. The first kappa shape index (κ1) is 17.6. The number of amides is 2. The molecule has 0 saturated heterocycles. The molecule has 0 saturated carbocycles.